The zero-order valence-corrected chi connectivity index (χ0v) is 14.7. The molecule has 0 aliphatic carbocycles. The van der Waals surface area contributed by atoms with Crippen molar-refractivity contribution in [2.45, 2.75) is 26.7 Å². The van der Waals surface area contributed by atoms with Crippen LogP contribution in [0.2, 0.25) is 0 Å². The van der Waals surface area contributed by atoms with E-state index in [-0.39, 0.29) is 5.78 Å². The fourth-order valence-corrected chi connectivity index (χ4v) is 3.53. The fraction of sp³-hybridized carbons (Fsp3) is 0.389. The molecule has 0 saturated carbocycles. The summed E-state index contributed by atoms with van der Waals surface area (Å²) in [5.74, 6) is 0.235. The fourth-order valence-electron chi connectivity index (χ4n) is 3.26. The van der Waals surface area contributed by atoms with Crippen LogP contribution in [0.5, 0.6) is 0 Å². The maximum absolute atomic E-state index is 12.6. The normalized spacial score (nSPS) is 15.4. The molecule has 2 aromatic rings. The summed E-state index contributed by atoms with van der Waals surface area (Å²) in [4.78, 5) is 14.9. The van der Waals surface area contributed by atoms with Gasteiger partial charge in [0, 0.05) is 27.1 Å². The molecule has 0 bridgehead atoms. The van der Waals surface area contributed by atoms with Crippen LogP contribution in [-0.4, -0.2) is 34.9 Å². The van der Waals surface area contributed by atoms with Gasteiger partial charge in [-0.2, -0.15) is 0 Å². The number of nitrogens with zero attached hydrogens (tertiary/aromatic N) is 2. The lowest BCUT2D eigenvalue weighted by Gasteiger charge is -2.13. The zero-order valence-electron chi connectivity index (χ0n) is 13.1. The van der Waals surface area contributed by atoms with Crippen LogP contribution in [-0.2, 0) is 0 Å². The predicted octanol–water partition coefficient (Wildman–Crippen LogP) is 4.14. The quantitative estimate of drug-likeness (QED) is 0.765. The molecule has 1 aliphatic heterocycles. The third-order valence-corrected chi connectivity index (χ3v) is 4.91. The number of aromatic nitrogens is 1. The first-order valence-corrected chi connectivity index (χ1v) is 8.56. The van der Waals surface area contributed by atoms with Crippen LogP contribution in [0, 0.1) is 13.8 Å². The molecule has 0 unspecified atom stereocenters. The van der Waals surface area contributed by atoms with Gasteiger partial charge in [-0.05, 0) is 70.1 Å². The van der Waals surface area contributed by atoms with Gasteiger partial charge >= 0.3 is 0 Å². The van der Waals surface area contributed by atoms with E-state index in [1.165, 1.54) is 12.8 Å². The van der Waals surface area contributed by atoms with Gasteiger partial charge in [-0.3, -0.25) is 9.69 Å². The van der Waals surface area contributed by atoms with Crippen molar-refractivity contribution in [1.29, 1.82) is 0 Å². The summed E-state index contributed by atoms with van der Waals surface area (Å²) >= 11 is 3.46. The molecule has 22 heavy (non-hydrogen) atoms. The van der Waals surface area contributed by atoms with E-state index in [1.54, 1.807) is 0 Å². The lowest BCUT2D eigenvalue weighted by atomic mass is 10.1. The SMILES string of the molecule is Cc1cc(C(=O)CN2CCCC2)c(C)n1-c1ccc(Br)cc1. The Kier molecular flexibility index (Phi) is 4.50. The Balaban J connectivity index is 1.89. The van der Waals surface area contributed by atoms with Crippen molar-refractivity contribution in [2.24, 2.45) is 0 Å². The molecule has 4 heteroatoms. The number of halogens is 1. The molecule has 0 N–H and O–H groups in total. The Morgan fingerprint density at radius 2 is 1.77 bits per heavy atom. The number of hydrogen-bond acceptors (Lipinski definition) is 2. The van der Waals surface area contributed by atoms with Crippen LogP contribution in [0.25, 0.3) is 5.69 Å². The third kappa shape index (κ3) is 3.03. The van der Waals surface area contributed by atoms with Crippen molar-refractivity contribution in [1.82, 2.24) is 9.47 Å². The first-order chi connectivity index (χ1) is 10.6. The summed E-state index contributed by atoms with van der Waals surface area (Å²) in [6, 6.07) is 10.2. The Morgan fingerprint density at radius 1 is 1.14 bits per heavy atom. The van der Waals surface area contributed by atoms with Crippen LogP contribution in [0.1, 0.15) is 34.6 Å². The maximum Gasteiger partial charge on any atom is 0.178 e. The summed E-state index contributed by atoms with van der Waals surface area (Å²) in [6.07, 6.45) is 2.43. The molecule has 3 rings (SSSR count). The lowest BCUT2D eigenvalue weighted by Crippen LogP contribution is -2.27. The first-order valence-electron chi connectivity index (χ1n) is 7.76. The molecule has 1 aliphatic rings. The number of benzene rings is 1. The minimum atomic E-state index is 0.235. The number of carbonyl (C=O) groups is 1. The number of Topliss-reactive ketones (excluding diaryl/α,β-unsaturated/α-hetero) is 1. The number of aryl methyl sites for hydroxylation is 1. The van der Waals surface area contributed by atoms with E-state index in [9.17, 15) is 4.79 Å². The average molecular weight is 361 g/mol. The van der Waals surface area contributed by atoms with Gasteiger partial charge in [-0.15, -0.1) is 0 Å². The van der Waals surface area contributed by atoms with Gasteiger partial charge in [0.2, 0.25) is 0 Å². The molecule has 1 fully saturated rings. The Labute approximate surface area is 140 Å². The number of rotatable bonds is 4. The standard InChI is InChI=1S/C18H21BrN2O/c1-13-11-17(18(22)12-20-9-3-4-10-20)14(2)21(13)16-7-5-15(19)6-8-16/h5-8,11H,3-4,9-10,12H2,1-2H3. The van der Waals surface area contributed by atoms with E-state index >= 15 is 0 Å². The summed E-state index contributed by atoms with van der Waals surface area (Å²) < 4.78 is 3.22. The molecule has 1 aromatic heterocycles. The van der Waals surface area contributed by atoms with Crippen molar-refractivity contribution in [3.05, 3.63) is 51.8 Å². The van der Waals surface area contributed by atoms with Crippen LogP contribution >= 0.6 is 15.9 Å². The van der Waals surface area contributed by atoms with Crippen LogP contribution in [0.3, 0.4) is 0 Å². The van der Waals surface area contributed by atoms with E-state index in [0.29, 0.717) is 6.54 Å². The highest BCUT2D eigenvalue weighted by Crippen LogP contribution is 2.23. The molecular weight excluding hydrogens is 340 g/mol. The zero-order chi connectivity index (χ0) is 15.7. The molecule has 1 aromatic carbocycles. The molecule has 0 radical (unpaired) electrons. The molecule has 1 saturated heterocycles. The Morgan fingerprint density at radius 3 is 2.41 bits per heavy atom. The van der Waals surface area contributed by atoms with E-state index in [4.69, 9.17) is 0 Å². The van der Waals surface area contributed by atoms with Crippen molar-refractivity contribution in [3.8, 4) is 5.69 Å². The van der Waals surface area contributed by atoms with Crippen LogP contribution in [0.4, 0.5) is 0 Å². The molecule has 0 spiro atoms. The van der Waals surface area contributed by atoms with Crippen LogP contribution < -0.4 is 0 Å². The van der Waals surface area contributed by atoms with Crippen molar-refractivity contribution in [3.63, 3.8) is 0 Å². The van der Waals surface area contributed by atoms with Crippen LogP contribution in [0.15, 0.2) is 34.8 Å². The first kappa shape index (κ1) is 15.5. The number of ketones is 1. The van der Waals surface area contributed by atoms with Gasteiger partial charge in [-0.25, -0.2) is 0 Å². The van der Waals surface area contributed by atoms with E-state index < -0.39 is 0 Å². The minimum Gasteiger partial charge on any atom is -0.318 e. The van der Waals surface area contributed by atoms with Gasteiger partial charge in [0.25, 0.3) is 0 Å². The molecule has 116 valence electrons. The minimum absolute atomic E-state index is 0.235. The van der Waals surface area contributed by atoms with Gasteiger partial charge in [-0.1, -0.05) is 15.9 Å². The second-order valence-electron chi connectivity index (χ2n) is 6.00. The van der Waals surface area contributed by atoms with Gasteiger partial charge in [0.1, 0.15) is 0 Å². The highest BCUT2D eigenvalue weighted by Gasteiger charge is 2.20. The van der Waals surface area contributed by atoms with Crippen molar-refractivity contribution >= 4 is 21.7 Å². The molecule has 2 heterocycles. The molecule has 3 nitrogen and oxygen atoms in total. The monoisotopic (exact) mass is 360 g/mol. The van der Waals surface area contributed by atoms with Gasteiger partial charge < -0.3 is 4.57 Å². The van der Waals surface area contributed by atoms with E-state index in [1.807, 2.05) is 25.1 Å². The lowest BCUT2D eigenvalue weighted by molar-refractivity contribution is 0.0944. The predicted molar refractivity (Wildman–Crippen MR) is 92.9 cm³/mol. The van der Waals surface area contributed by atoms with E-state index in [0.717, 1.165) is 40.2 Å². The van der Waals surface area contributed by atoms with Gasteiger partial charge in [0.15, 0.2) is 5.78 Å². The summed E-state index contributed by atoms with van der Waals surface area (Å²) in [7, 11) is 0. The van der Waals surface area contributed by atoms with E-state index in [2.05, 4.69) is 44.5 Å². The van der Waals surface area contributed by atoms with Gasteiger partial charge in [0.05, 0.1) is 6.54 Å². The number of hydrogen-bond donors (Lipinski definition) is 0. The highest BCUT2D eigenvalue weighted by molar-refractivity contribution is 9.10. The largest absolute Gasteiger partial charge is 0.318 e. The molecule has 0 amide bonds. The topological polar surface area (TPSA) is 25.2 Å². The second kappa shape index (κ2) is 6.39. The highest BCUT2D eigenvalue weighted by atomic mass is 79.9. The average Bonchev–Trinajstić information content (AvgIpc) is 3.09. The maximum atomic E-state index is 12.6. The van der Waals surface area contributed by atoms with Crippen molar-refractivity contribution < 1.29 is 4.79 Å². The third-order valence-electron chi connectivity index (χ3n) is 4.38. The summed E-state index contributed by atoms with van der Waals surface area (Å²) in [6.45, 7) is 6.74. The second-order valence-corrected chi connectivity index (χ2v) is 6.92. The number of carbonyl (C=O) groups excluding carboxylic acids is 1. The summed E-state index contributed by atoms with van der Waals surface area (Å²) in [5, 5.41) is 0. The summed E-state index contributed by atoms with van der Waals surface area (Å²) in [5.41, 5.74) is 4.08. The Hall–Kier alpha value is -1.39. The number of likely N-dealkylation sites (tertiary alicyclic amines) is 1. The Bertz CT molecular complexity index is 682. The molecular formula is C18H21BrN2O. The smallest absolute Gasteiger partial charge is 0.178 e. The van der Waals surface area contributed by atoms with Crippen molar-refractivity contribution in [2.75, 3.05) is 19.6 Å². The molecule has 0 atom stereocenters.